The number of aliphatic hydroxyl groups is 1. The number of unbranched alkanes of at least 4 members (excludes halogenated alkanes) is 25. The number of allylic oxidation sites excluding steroid dienone is 4. The number of esters is 2. The number of ether oxygens (including phenoxy) is 2. The standard InChI is InChI=1S/C42H78O5/c1-3-5-7-9-11-13-15-17-18-19-20-21-22-23-25-26-28-30-32-34-36-41(44)46-39-40(38-43)47-42(45)37-35-33-31-29-27-24-16-14-12-10-8-6-4-2/h8,10,14,16,40,43H,3-7,9,11-13,15,17-39H2,1-2H3/b10-8-,16-14-. The monoisotopic (exact) mass is 663 g/mol. The topological polar surface area (TPSA) is 72.8 Å². The van der Waals surface area contributed by atoms with Gasteiger partial charge >= 0.3 is 11.9 Å². The Kier molecular flexibility index (Phi) is 37.5. The molecule has 5 heteroatoms. The second-order valence-corrected chi connectivity index (χ2v) is 13.7. The van der Waals surface area contributed by atoms with Crippen molar-refractivity contribution >= 4 is 11.9 Å². The molecule has 0 rings (SSSR count). The number of hydrogen-bond donors (Lipinski definition) is 1. The van der Waals surface area contributed by atoms with Gasteiger partial charge in [-0.05, 0) is 38.5 Å². The molecule has 1 atom stereocenters. The molecule has 0 bridgehead atoms. The molecule has 1 N–H and O–H groups in total. The van der Waals surface area contributed by atoms with E-state index in [4.69, 9.17) is 9.47 Å². The lowest BCUT2D eigenvalue weighted by atomic mass is 10.0. The van der Waals surface area contributed by atoms with Crippen molar-refractivity contribution in [1.82, 2.24) is 0 Å². The van der Waals surface area contributed by atoms with Gasteiger partial charge in [-0.3, -0.25) is 9.59 Å². The van der Waals surface area contributed by atoms with Crippen LogP contribution in [0.25, 0.3) is 0 Å². The minimum Gasteiger partial charge on any atom is -0.462 e. The molecule has 276 valence electrons. The summed E-state index contributed by atoms with van der Waals surface area (Å²) < 4.78 is 10.6. The van der Waals surface area contributed by atoms with Crippen LogP contribution in [0, 0.1) is 0 Å². The van der Waals surface area contributed by atoms with E-state index in [1.165, 1.54) is 128 Å². The van der Waals surface area contributed by atoms with E-state index < -0.39 is 6.10 Å². The summed E-state index contributed by atoms with van der Waals surface area (Å²) in [4.78, 5) is 24.2. The van der Waals surface area contributed by atoms with Crippen LogP contribution in [0.2, 0.25) is 0 Å². The third-order valence-corrected chi connectivity index (χ3v) is 8.98. The van der Waals surface area contributed by atoms with Crippen LogP contribution in [-0.4, -0.2) is 36.4 Å². The molecule has 1 unspecified atom stereocenters. The zero-order chi connectivity index (χ0) is 34.3. The molecular formula is C42H78O5. The van der Waals surface area contributed by atoms with Crippen LogP contribution >= 0.6 is 0 Å². The van der Waals surface area contributed by atoms with E-state index in [1.54, 1.807) is 0 Å². The zero-order valence-corrected chi connectivity index (χ0v) is 31.3. The Bertz CT molecular complexity index is 716. The largest absolute Gasteiger partial charge is 0.462 e. The van der Waals surface area contributed by atoms with Crippen molar-refractivity contribution in [2.75, 3.05) is 13.2 Å². The fraction of sp³-hybridized carbons (Fsp3) is 0.857. The molecule has 0 amide bonds. The smallest absolute Gasteiger partial charge is 0.306 e. The first kappa shape index (κ1) is 45.4. The highest BCUT2D eigenvalue weighted by atomic mass is 16.6. The lowest BCUT2D eigenvalue weighted by Crippen LogP contribution is -2.28. The third kappa shape index (κ3) is 37.1. The summed E-state index contributed by atoms with van der Waals surface area (Å²) >= 11 is 0. The Hall–Kier alpha value is -1.62. The van der Waals surface area contributed by atoms with Gasteiger partial charge in [0.15, 0.2) is 6.10 Å². The highest BCUT2D eigenvalue weighted by Gasteiger charge is 2.16. The maximum Gasteiger partial charge on any atom is 0.306 e. The van der Waals surface area contributed by atoms with Crippen molar-refractivity contribution in [2.45, 2.75) is 219 Å². The first-order valence-electron chi connectivity index (χ1n) is 20.4. The summed E-state index contributed by atoms with van der Waals surface area (Å²) in [6.45, 7) is 4.08. The van der Waals surface area contributed by atoms with Crippen LogP contribution in [-0.2, 0) is 19.1 Å². The van der Waals surface area contributed by atoms with Gasteiger partial charge in [-0.1, -0.05) is 186 Å². The first-order chi connectivity index (χ1) is 23.1. The predicted molar refractivity (Wildman–Crippen MR) is 201 cm³/mol. The van der Waals surface area contributed by atoms with Gasteiger partial charge in [0.1, 0.15) is 6.61 Å². The maximum absolute atomic E-state index is 12.1. The summed E-state index contributed by atoms with van der Waals surface area (Å²) in [6.07, 6.45) is 45.3. The van der Waals surface area contributed by atoms with E-state index >= 15 is 0 Å². The van der Waals surface area contributed by atoms with Crippen LogP contribution in [0.1, 0.15) is 213 Å². The van der Waals surface area contributed by atoms with E-state index in [2.05, 4.69) is 38.2 Å². The molecule has 0 saturated heterocycles. The van der Waals surface area contributed by atoms with Crippen molar-refractivity contribution in [3.63, 3.8) is 0 Å². The second-order valence-electron chi connectivity index (χ2n) is 13.7. The fourth-order valence-corrected chi connectivity index (χ4v) is 5.89. The molecule has 0 fully saturated rings. The number of aliphatic hydroxyl groups excluding tert-OH is 1. The minimum atomic E-state index is -0.773. The van der Waals surface area contributed by atoms with E-state index in [9.17, 15) is 14.7 Å². The summed E-state index contributed by atoms with van der Waals surface area (Å²) in [5, 5.41) is 9.55. The zero-order valence-electron chi connectivity index (χ0n) is 31.3. The molecule has 0 aromatic heterocycles. The number of carbonyl (C=O) groups is 2. The predicted octanol–water partition coefficient (Wildman–Crippen LogP) is 12.7. The van der Waals surface area contributed by atoms with Gasteiger partial charge in [-0.15, -0.1) is 0 Å². The summed E-state index contributed by atoms with van der Waals surface area (Å²) in [5.74, 6) is -0.599. The summed E-state index contributed by atoms with van der Waals surface area (Å²) in [5.41, 5.74) is 0. The maximum atomic E-state index is 12.1. The van der Waals surface area contributed by atoms with Crippen molar-refractivity contribution in [3.8, 4) is 0 Å². The molecule has 0 aliphatic carbocycles. The van der Waals surface area contributed by atoms with Crippen LogP contribution < -0.4 is 0 Å². The Morgan fingerprint density at radius 2 is 0.894 bits per heavy atom. The number of hydrogen-bond acceptors (Lipinski definition) is 5. The minimum absolute atomic E-state index is 0.0673. The van der Waals surface area contributed by atoms with Crippen molar-refractivity contribution < 1.29 is 24.2 Å². The molecule has 0 heterocycles. The SMILES string of the molecule is CCC/C=C\C/C=C\CCCCCCCC(=O)OC(CO)COC(=O)CCCCCCCCCCCCCCCCCCCCCC. The quantitative estimate of drug-likeness (QED) is 0.0407. The summed E-state index contributed by atoms with van der Waals surface area (Å²) in [6, 6.07) is 0. The Labute approximate surface area is 292 Å². The highest BCUT2D eigenvalue weighted by molar-refractivity contribution is 5.70. The van der Waals surface area contributed by atoms with Gasteiger partial charge in [-0.2, -0.15) is 0 Å². The lowest BCUT2D eigenvalue weighted by Gasteiger charge is -2.15. The van der Waals surface area contributed by atoms with E-state index in [1.807, 2.05) is 0 Å². The fourth-order valence-electron chi connectivity index (χ4n) is 5.89. The van der Waals surface area contributed by atoms with Gasteiger partial charge in [0.05, 0.1) is 6.61 Å². The van der Waals surface area contributed by atoms with Crippen molar-refractivity contribution in [1.29, 1.82) is 0 Å². The molecule has 0 spiro atoms. The molecule has 0 aromatic rings. The Morgan fingerprint density at radius 3 is 1.34 bits per heavy atom. The normalized spacial score (nSPS) is 12.3. The van der Waals surface area contributed by atoms with Crippen LogP contribution in [0.15, 0.2) is 24.3 Å². The van der Waals surface area contributed by atoms with E-state index in [0.717, 1.165) is 57.8 Å². The van der Waals surface area contributed by atoms with Gasteiger partial charge in [-0.25, -0.2) is 0 Å². The van der Waals surface area contributed by atoms with Crippen molar-refractivity contribution in [2.24, 2.45) is 0 Å². The summed E-state index contributed by atoms with van der Waals surface area (Å²) in [7, 11) is 0. The second kappa shape index (κ2) is 38.8. The average molecular weight is 663 g/mol. The first-order valence-corrected chi connectivity index (χ1v) is 20.4. The molecule has 47 heavy (non-hydrogen) atoms. The molecule has 0 radical (unpaired) electrons. The molecule has 5 nitrogen and oxygen atoms in total. The third-order valence-electron chi connectivity index (χ3n) is 8.98. The van der Waals surface area contributed by atoms with E-state index in [0.29, 0.717) is 12.8 Å². The average Bonchev–Trinajstić information content (AvgIpc) is 3.07. The number of rotatable bonds is 37. The molecular weight excluding hydrogens is 584 g/mol. The van der Waals surface area contributed by atoms with Crippen LogP contribution in [0.3, 0.4) is 0 Å². The Balaban J connectivity index is 3.50. The molecule has 0 aromatic carbocycles. The molecule has 0 aliphatic rings. The van der Waals surface area contributed by atoms with Crippen LogP contribution in [0.4, 0.5) is 0 Å². The van der Waals surface area contributed by atoms with Crippen molar-refractivity contribution in [3.05, 3.63) is 24.3 Å². The molecule has 0 saturated carbocycles. The van der Waals surface area contributed by atoms with Gasteiger partial charge in [0, 0.05) is 12.8 Å². The number of carbonyl (C=O) groups excluding carboxylic acids is 2. The van der Waals surface area contributed by atoms with Gasteiger partial charge in [0.2, 0.25) is 0 Å². The lowest BCUT2D eigenvalue weighted by molar-refractivity contribution is -0.161. The van der Waals surface area contributed by atoms with Gasteiger partial charge in [0.25, 0.3) is 0 Å². The van der Waals surface area contributed by atoms with Crippen LogP contribution in [0.5, 0.6) is 0 Å². The molecule has 0 aliphatic heterocycles. The highest BCUT2D eigenvalue weighted by Crippen LogP contribution is 2.15. The van der Waals surface area contributed by atoms with E-state index in [-0.39, 0.29) is 25.2 Å². The Morgan fingerprint density at radius 1 is 0.489 bits per heavy atom. The van der Waals surface area contributed by atoms with Gasteiger partial charge < -0.3 is 14.6 Å².